The summed E-state index contributed by atoms with van der Waals surface area (Å²) in [6, 6.07) is 0. The number of halogens is 1. The number of hydrogen-bond acceptors (Lipinski definition) is 3. The predicted molar refractivity (Wildman–Crippen MR) is 50.7 cm³/mol. The Morgan fingerprint density at radius 2 is 2.46 bits per heavy atom. The maximum absolute atomic E-state index is 6.08. The van der Waals surface area contributed by atoms with Crippen molar-refractivity contribution in [2.75, 3.05) is 7.05 Å². The van der Waals surface area contributed by atoms with E-state index in [1.807, 2.05) is 7.05 Å². The Bertz CT molecular complexity index is 296. The number of nitrogens with one attached hydrogen (secondary N) is 1. The highest BCUT2D eigenvalue weighted by Gasteiger charge is 2.20. The SMILES string of the molecule is CNCc1nnc2n1CC(Cl)CC2. The molecule has 0 aliphatic carbocycles. The number of rotatable bonds is 2. The average molecular weight is 201 g/mol. The zero-order chi connectivity index (χ0) is 9.26. The Balaban J connectivity index is 2.25. The van der Waals surface area contributed by atoms with Crippen LogP contribution in [0.2, 0.25) is 0 Å². The maximum Gasteiger partial charge on any atom is 0.147 e. The molecule has 5 heteroatoms. The van der Waals surface area contributed by atoms with Crippen LogP contribution >= 0.6 is 11.6 Å². The van der Waals surface area contributed by atoms with Gasteiger partial charge < -0.3 is 9.88 Å². The first kappa shape index (κ1) is 8.97. The summed E-state index contributed by atoms with van der Waals surface area (Å²) in [6.07, 6.45) is 1.96. The van der Waals surface area contributed by atoms with Crippen LogP contribution in [-0.4, -0.2) is 27.2 Å². The van der Waals surface area contributed by atoms with Crippen molar-refractivity contribution in [3.8, 4) is 0 Å². The van der Waals surface area contributed by atoms with Crippen LogP contribution in [0.1, 0.15) is 18.1 Å². The molecule has 0 amide bonds. The fraction of sp³-hybridized carbons (Fsp3) is 0.750. The molecule has 1 aromatic heterocycles. The van der Waals surface area contributed by atoms with Crippen LogP contribution in [0.4, 0.5) is 0 Å². The topological polar surface area (TPSA) is 42.7 Å². The first-order valence-corrected chi connectivity index (χ1v) is 4.94. The van der Waals surface area contributed by atoms with Gasteiger partial charge in [0.25, 0.3) is 0 Å². The molecule has 1 aliphatic heterocycles. The lowest BCUT2D eigenvalue weighted by atomic mass is 10.1. The Labute approximate surface area is 82.3 Å². The Hall–Kier alpha value is -0.610. The fourth-order valence-corrected chi connectivity index (χ4v) is 1.88. The number of alkyl halides is 1. The molecule has 13 heavy (non-hydrogen) atoms. The van der Waals surface area contributed by atoms with E-state index in [9.17, 15) is 0 Å². The summed E-state index contributed by atoms with van der Waals surface area (Å²) in [7, 11) is 1.91. The molecule has 72 valence electrons. The van der Waals surface area contributed by atoms with E-state index >= 15 is 0 Å². The lowest BCUT2D eigenvalue weighted by Crippen LogP contribution is -2.23. The van der Waals surface area contributed by atoms with Gasteiger partial charge in [-0.25, -0.2) is 0 Å². The zero-order valence-electron chi connectivity index (χ0n) is 7.63. The van der Waals surface area contributed by atoms with Crippen molar-refractivity contribution in [3.05, 3.63) is 11.6 Å². The highest BCUT2D eigenvalue weighted by atomic mass is 35.5. The molecule has 0 bridgehead atoms. The zero-order valence-corrected chi connectivity index (χ0v) is 8.38. The lowest BCUT2D eigenvalue weighted by molar-refractivity contribution is 0.509. The molecule has 1 aromatic rings. The number of aromatic nitrogens is 3. The van der Waals surface area contributed by atoms with Crippen molar-refractivity contribution < 1.29 is 0 Å². The van der Waals surface area contributed by atoms with Crippen LogP contribution in [0.5, 0.6) is 0 Å². The van der Waals surface area contributed by atoms with Gasteiger partial charge in [-0.15, -0.1) is 21.8 Å². The third kappa shape index (κ3) is 1.69. The van der Waals surface area contributed by atoms with Gasteiger partial charge in [0.2, 0.25) is 0 Å². The van der Waals surface area contributed by atoms with E-state index in [-0.39, 0.29) is 5.38 Å². The van der Waals surface area contributed by atoms with E-state index in [0.29, 0.717) is 0 Å². The van der Waals surface area contributed by atoms with Gasteiger partial charge >= 0.3 is 0 Å². The van der Waals surface area contributed by atoms with E-state index in [1.165, 1.54) is 0 Å². The molecule has 0 saturated carbocycles. The van der Waals surface area contributed by atoms with Gasteiger partial charge in [0, 0.05) is 13.0 Å². The minimum Gasteiger partial charge on any atom is -0.313 e. The molecule has 0 saturated heterocycles. The van der Waals surface area contributed by atoms with Crippen LogP contribution in [0.25, 0.3) is 0 Å². The molecule has 0 aromatic carbocycles. The molecule has 1 aliphatic rings. The van der Waals surface area contributed by atoms with E-state index in [4.69, 9.17) is 11.6 Å². The van der Waals surface area contributed by atoms with Gasteiger partial charge in [-0.1, -0.05) is 0 Å². The molecular weight excluding hydrogens is 188 g/mol. The van der Waals surface area contributed by atoms with E-state index in [2.05, 4.69) is 20.1 Å². The Kier molecular flexibility index (Phi) is 2.51. The van der Waals surface area contributed by atoms with Crippen molar-refractivity contribution in [3.63, 3.8) is 0 Å². The standard InChI is InChI=1S/C8H13ClN4/c1-10-4-8-12-11-7-3-2-6(9)5-13(7)8/h6,10H,2-5H2,1H3. The van der Waals surface area contributed by atoms with Crippen LogP contribution in [-0.2, 0) is 19.5 Å². The third-order valence-corrected chi connectivity index (χ3v) is 2.66. The summed E-state index contributed by atoms with van der Waals surface area (Å²) in [5, 5.41) is 11.5. The van der Waals surface area contributed by atoms with Crippen LogP contribution in [0.15, 0.2) is 0 Å². The first-order valence-electron chi connectivity index (χ1n) is 4.51. The lowest BCUT2D eigenvalue weighted by Gasteiger charge is -2.19. The average Bonchev–Trinajstić information content (AvgIpc) is 2.49. The van der Waals surface area contributed by atoms with E-state index in [1.54, 1.807) is 0 Å². The van der Waals surface area contributed by atoms with Crippen LogP contribution < -0.4 is 5.32 Å². The second-order valence-electron chi connectivity index (χ2n) is 3.31. The van der Waals surface area contributed by atoms with Crippen LogP contribution in [0, 0.1) is 0 Å². The van der Waals surface area contributed by atoms with Crippen molar-refractivity contribution in [1.29, 1.82) is 0 Å². The van der Waals surface area contributed by atoms with Gasteiger partial charge in [-0.2, -0.15) is 0 Å². The number of fused-ring (bicyclic) bond motifs is 1. The summed E-state index contributed by atoms with van der Waals surface area (Å²) >= 11 is 6.08. The second kappa shape index (κ2) is 3.64. The minimum absolute atomic E-state index is 0.235. The number of aryl methyl sites for hydroxylation is 1. The van der Waals surface area contributed by atoms with Crippen molar-refractivity contribution in [2.24, 2.45) is 0 Å². The van der Waals surface area contributed by atoms with Crippen LogP contribution in [0.3, 0.4) is 0 Å². The molecule has 0 spiro atoms. The Morgan fingerprint density at radius 1 is 1.62 bits per heavy atom. The van der Waals surface area contributed by atoms with Gasteiger partial charge in [0.1, 0.15) is 11.6 Å². The van der Waals surface area contributed by atoms with Gasteiger partial charge in [0.05, 0.1) is 11.9 Å². The normalized spacial score (nSPS) is 21.5. The molecule has 2 rings (SSSR count). The summed E-state index contributed by atoms with van der Waals surface area (Å²) in [5.74, 6) is 2.06. The highest BCUT2D eigenvalue weighted by Crippen LogP contribution is 2.18. The number of hydrogen-bond donors (Lipinski definition) is 1. The van der Waals surface area contributed by atoms with Crippen molar-refractivity contribution in [2.45, 2.75) is 31.3 Å². The molecule has 0 fully saturated rings. The van der Waals surface area contributed by atoms with Crippen molar-refractivity contribution >= 4 is 11.6 Å². The minimum atomic E-state index is 0.235. The summed E-state index contributed by atoms with van der Waals surface area (Å²) in [6.45, 7) is 1.61. The van der Waals surface area contributed by atoms with E-state index in [0.717, 1.165) is 37.6 Å². The molecular formula is C8H13ClN4. The molecule has 1 atom stereocenters. The van der Waals surface area contributed by atoms with Gasteiger partial charge in [-0.05, 0) is 13.5 Å². The molecule has 2 heterocycles. The monoisotopic (exact) mass is 200 g/mol. The van der Waals surface area contributed by atoms with Gasteiger partial charge in [-0.3, -0.25) is 0 Å². The van der Waals surface area contributed by atoms with Gasteiger partial charge in [0.15, 0.2) is 0 Å². The highest BCUT2D eigenvalue weighted by molar-refractivity contribution is 6.20. The molecule has 1 N–H and O–H groups in total. The summed E-state index contributed by atoms with van der Waals surface area (Å²) in [5.41, 5.74) is 0. The summed E-state index contributed by atoms with van der Waals surface area (Å²) in [4.78, 5) is 0. The second-order valence-corrected chi connectivity index (χ2v) is 3.93. The fourth-order valence-electron chi connectivity index (χ4n) is 1.63. The number of nitrogens with zero attached hydrogens (tertiary/aromatic N) is 3. The Morgan fingerprint density at radius 3 is 3.23 bits per heavy atom. The molecule has 4 nitrogen and oxygen atoms in total. The van der Waals surface area contributed by atoms with E-state index < -0.39 is 0 Å². The first-order chi connectivity index (χ1) is 6.31. The molecule has 0 radical (unpaired) electrons. The summed E-state index contributed by atoms with van der Waals surface area (Å²) < 4.78 is 2.12. The van der Waals surface area contributed by atoms with Crippen molar-refractivity contribution in [1.82, 2.24) is 20.1 Å². The smallest absolute Gasteiger partial charge is 0.147 e. The molecule has 1 unspecified atom stereocenters. The quantitative estimate of drug-likeness (QED) is 0.710. The maximum atomic E-state index is 6.08. The predicted octanol–water partition coefficient (Wildman–Crippen LogP) is 0.551. The largest absolute Gasteiger partial charge is 0.313 e. The third-order valence-electron chi connectivity index (χ3n) is 2.30.